The van der Waals surface area contributed by atoms with Crippen molar-refractivity contribution >= 4 is 11.6 Å². The van der Waals surface area contributed by atoms with E-state index in [-0.39, 0.29) is 23.8 Å². The molecule has 1 amide bonds. The Balaban J connectivity index is 1.79. The number of benzene rings is 1. The zero-order chi connectivity index (χ0) is 14.6. The van der Waals surface area contributed by atoms with E-state index in [0.717, 1.165) is 37.2 Å². The van der Waals surface area contributed by atoms with Gasteiger partial charge in [0.1, 0.15) is 17.6 Å². The van der Waals surface area contributed by atoms with Crippen molar-refractivity contribution in [2.24, 2.45) is 11.0 Å². The largest absolute Gasteiger partial charge is 0.326 e. The maximum atomic E-state index is 13.6. The number of nitrogens with zero attached hydrogens (tertiary/aromatic N) is 2. The molecule has 1 N–H and O–H groups in total. The smallest absolute Gasteiger partial charge is 0.240 e. The van der Waals surface area contributed by atoms with Crippen molar-refractivity contribution in [2.45, 2.75) is 31.8 Å². The molecule has 3 saturated heterocycles. The highest BCUT2D eigenvalue weighted by atomic mass is 19.1. The van der Waals surface area contributed by atoms with Gasteiger partial charge in [-0.25, -0.2) is 9.40 Å². The molecular weight excluding hydrogens is 269 g/mol. The lowest BCUT2D eigenvalue weighted by Gasteiger charge is -2.42. The van der Waals surface area contributed by atoms with Crippen LogP contribution in [0.15, 0.2) is 29.4 Å². The fourth-order valence-corrected chi connectivity index (χ4v) is 4.21. The molecule has 0 saturated carbocycles. The van der Waals surface area contributed by atoms with Crippen molar-refractivity contribution in [3.05, 3.63) is 35.6 Å². The van der Waals surface area contributed by atoms with E-state index in [2.05, 4.69) is 5.10 Å². The van der Waals surface area contributed by atoms with Crippen LogP contribution in [0.5, 0.6) is 0 Å². The van der Waals surface area contributed by atoms with Gasteiger partial charge in [-0.05, 0) is 17.7 Å². The van der Waals surface area contributed by atoms with Gasteiger partial charge in [0, 0.05) is 25.7 Å². The molecule has 0 spiro atoms. The van der Waals surface area contributed by atoms with Crippen LogP contribution in [0.4, 0.5) is 4.39 Å². The van der Waals surface area contributed by atoms with Crippen LogP contribution in [0.3, 0.4) is 0 Å². The Hall–Kier alpha value is -1.75. The van der Waals surface area contributed by atoms with Crippen molar-refractivity contribution in [3.63, 3.8) is 0 Å². The number of hydrogen-bond acceptors (Lipinski definition) is 2. The molecule has 0 radical (unpaired) electrons. The molecule has 1 aromatic carbocycles. The molecular formula is C16H19FN3O+. The number of quaternary nitrogens is 1. The minimum Gasteiger partial charge on any atom is -0.326 e. The highest BCUT2D eigenvalue weighted by Gasteiger charge is 2.53. The first-order valence-electron chi connectivity index (χ1n) is 7.63. The average molecular weight is 288 g/mol. The van der Waals surface area contributed by atoms with Gasteiger partial charge >= 0.3 is 0 Å². The van der Waals surface area contributed by atoms with Crippen molar-refractivity contribution in [1.82, 2.24) is 5.01 Å². The van der Waals surface area contributed by atoms with Gasteiger partial charge in [-0.15, -0.1) is 0 Å². The third-order valence-corrected chi connectivity index (χ3v) is 5.12. The first-order chi connectivity index (χ1) is 10.1. The van der Waals surface area contributed by atoms with Crippen LogP contribution >= 0.6 is 0 Å². The van der Waals surface area contributed by atoms with E-state index in [1.807, 2.05) is 6.07 Å². The summed E-state index contributed by atoms with van der Waals surface area (Å²) in [4.78, 5) is 13.5. The van der Waals surface area contributed by atoms with E-state index in [9.17, 15) is 9.18 Å². The minimum atomic E-state index is -0.254. The van der Waals surface area contributed by atoms with Crippen LogP contribution in [0, 0.1) is 11.7 Å². The molecule has 110 valence electrons. The zero-order valence-electron chi connectivity index (χ0n) is 12.1. The molecule has 4 heterocycles. The molecule has 1 aromatic rings. The molecule has 0 unspecified atom stereocenters. The number of hydrogen-bond donors (Lipinski definition) is 1. The molecule has 5 heteroatoms. The van der Waals surface area contributed by atoms with E-state index in [0.29, 0.717) is 5.92 Å². The number of hydrazone groups is 1. The molecule has 4 aliphatic rings. The first-order valence-corrected chi connectivity index (χ1v) is 7.63. The Morgan fingerprint density at radius 2 is 2.14 bits per heavy atom. The number of nitrogens with one attached hydrogen (secondary N) is 1. The summed E-state index contributed by atoms with van der Waals surface area (Å²) in [6, 6.07) is 6.67. The Morgan fingerprint density at radius 3 is 2.81 bits per heavy atom. The van der Waals surface area contributed by atoms with Crippen LogP contribution < -0.4 is 4.90 Å². The predicted molar refractivity (Wildman–Crippen MR) is 76.3 cm³/mol. The van der Waals surface area contributed by atoms with Crippen LogP contribution in [0.25, 0.3) is 0 Å². The van der Waals surface area contributed by atoms with Gasteiger partial charge in [-0.1, -0.05) is 12.1 Å². The SMILES string of the molecule is CC(=O)N1N=C2C3CC[NH+](CC3)[C@H]2[C@H]1c1cccc(F)c1. The number of piperidine rings is 3. The number of fused-ring (bicyclic) bond motifs is 2. The Bertz CT molecular complexity index is 622. The van der Waals surface area contributed by atoms with Crippen LogP contribution in [-0.4, -0.2) is 35.8 Å². The number of rotatable bonds is 1. The molecule has 4 aliphatic heterocycles. The number of carbonyl (C=O) groups excluding carboxylic acids is 1. The van der Waals surface area contributed by atoms with Crippen LogP contribution in [0.2, 0.25) is 0 Å². The lowest BCUT2D eigenvalue weighted by molar-refractivity contribution is -0.927. The summed E-state index contributed by atoms with van der Waals surface area (Å²) < 4.78 is 13.6. The fourth-order valence-electron chi connectivity index (χ4n) is 4.21. The van der Waals surface area contributed by atoms with Crippen molar-refractivity contribution in [2.75, 3.05) is 13.1 Å². The second-order valence-corrected chi connectivity index (χ2v) is 6.30. The van der Waals surface area contributed by atoms with Crippen LogP contribution in [0.1, 0.15) is 31.4 Å². The van der Waals surface area contributed by atoms with Gasteiger partial charge in [0.2, 0.25) is 5.91 Å². The average Bonchev–Trinajstić information content (AvgIpc) is 2.91. The highest BCUT2D eigenvalue weighted by Crippen LogP contribution is 2.36. The zero-order valence-corrected chi connectivity index (χ0v) is 12.1. The highest BCUT2D eigenvalue weighted by molar-refractivity contribution is 5.95. The monoisotopic (exact) mass is 288 g/mol. The molecule has 0 aromatic heterocycles. The molecule has 5 rings (SSSR count). The fraction of sp³-hybridized carbons (Fsp3) is 0.500. The lowest BCUT2D eigenvalue weighted by atomic mass is 9.78. The maximum Gasteiger partial charge on any atom is 0.240 e. The Kier molecular flexibility index (Phi) is 2.85. The number of carbonyl (C=O) groups is 1. The summed E-state index contributed by atoms with van der Waals surface area (Å²) in [7, 11) is 0. The standard InChI is InChI=1S/C16H18FN3O/c1-10(21)20-15(12-3-2-4-13(17)9-12)16-14(18-20)11-5-7-19(16)8-6-11/h2-4,9,11,15-16H,5-8H2,1H3/p+1/t15-,16-/m1/s1. The molecule has 2 atom stereocenters. The third-order valence-electron chi connectivity index (χ3n) is 5.12. The van der Waals surface area contributed by atoms with Gasteiger partial charge in [-0.3, -0.25) is 4.79 Å². The summed E-state index contributed by atoms with van der Waals surface area (Å²) in [6.45, 7) is 3.80. The van der Waals surface area contributed by atoms with E-state index in [1.54, 1.807) is 24.1 Å². The summed E-state index contributed by atoms with van der Waals surface area (Å²) in [5.41, 5.74) is 2.01. The number of halogens is 1. The second kappa shape index (κ2) is 4.63. The normalized spacial score (nSPS) is 33.8. The van der Waals surface area contributed by atoms with E-state index < -0.39 is 0 Å². The molecule has 4 nitrogen and oxygen atoms in total. The third kappa shape index (κ3) is 1.91. The van der Waals surface area contributed by atoms with E-state index in [1.165, 1.54) is 11.0 Å². The summed E-state index contributed by atoms with van der Waals surface area (Å²) in [6.07, 6.45) is 2.32. The van der Waals surface area contributed by atoms with Gasteiger partial charge in [0.25, 0.3) is 0 Å². The lowest BCUT2D eigenvalue weighted by Crippen LogP contribution is -3.20. The maximum absolute atomic E-state index is 13.6. The van der Waals surface area contributed by atoms with Gasteiger partial charge in [0.05, 0.1) is 13.1 Å². The van der Waals surface area contributed by atoms with E-state index >= 15 is 0 Å². The predicted octanol–water partition coefficient (Wildman–Crippen LogP) is 0.762. The quantitative estimate of drug-likeness (QED) is 0.814. The van der Waals surface area contributed by atoms with Crippen molar-refractivity contribution in [1.29, 1.82) is 0 Å². The molecule has 21 heavy (non-hydrogen) atoms. The first kappa shape index (κ1) is 13.0. The molecule has 0 aliphatic carbocycles. The number of amides is 1. The van der Waals surface area contributed by atoms with Gasteiger partial charge < -0.3 is 4.90 Å². The van der Waals surface area contributed by atoms with E-state index in [4.69, 9.17) is 0 Å². The Labute approximate surface area is 123 Å². The van der Waals surface area contributed by atoms with Crippen LogP contribution in [-0.2, 0) is 4.79 Å². The molecule has 3 fully saturated rings. The Morgan fingerprint density at radius 1 is 1.38 bits per heavy atom. The van der Waals surface area contributed by atoms with Gasteiger partial charge in [-0.2, -0.15) is 5.10 Å². The topological polar surface area (TPSA) is 37.1 Å². The second-order valence-electron chi connectivity index (χ2n) is 6.30. The summed E-state index contributed by atoms with van der Waals surface area (Å²) >= 11 is 0. The van der Waals surface area contributed by atoms with Crippen molar-refractivity contribution < 1.29 is 14.1 Å². The molecule has 2 bridgehead atoms. The van der Waals surface area contributed by atoms with Crippen molar-refractivity contribution in [3.8, 4) is 0 Å². The summed E-state index contributed by atoms with van der Waals surface area (Å²) in [5, 5.41) is 6.22. The summed E-state index contributed by atoms with van der Waals surface area (Å²) in [5.74, 6) is 0.189. The minimum absolute atomic E-state index is 0.0637. The van der Waals surface area contributed by atoms with Gasteiger partial charge in [0.15, 0.2) is 6.04 Å².